The van der Waals surface area contributed by atoms with Gasteiger partial charge in [0.25, 0.3) is 13.4 Å². The molecule has 0 radical (unpaired) electrons. The lowest BCUT2D eigenvalue weighted by atomic mass is 9.28. The molecule has 10 aliphatic rings. The van der Waals surface area contributed by atoms with Crippen molar-refractivity contribution in [1.82, 2.24) is 0 Å². The van der Waals surface area contributed by atoms with Gasteiger partial charge >= 0.3 is 0 Å². The van der Waals surface area contributed by atoms with Gasteiger partial charge in [-0.3, -0.25) is 0 Å². The molecule has 0 N–H and O–H groups in total. The number of anilines is 18. The number of nitrogens with zero attached hydrogens (tertiary/aromatic N) is 6. The summed E-state index contributed by atoms with van der Waals surface area (Å²) in [6, 6.07) is 117. The number of benzene rings is 15. The van der Waals surface area contributed by atoms with E-state index in [1.165, 1.54) is 190 Å². The molecule has 110 heavy (non-hydrogen) atoms. The van der Waals surface area contributed by atoms with E-state index < -0.39 is 21.7 Å². The molecule has 15 aromatic carbocycles. The highest BCUT2D eigenvalue weighted by Crippen LogP contribution is 2.69. The van der Waals surface area contributed by atoms with Gasteiger partial charge in [-0.2, -0.15) is 0 Å². The van der Waals surface area contributed by atoms with Crippen LogP contribution < -0.4 is 62.2 Å². The largest absolute Gasteiger partial charge is 0.311 e. The fourth-order valence-electron chi connectivity index (χ4n) is 23.3. The van der Waals surface area contributed by atoms with Crippen LogP contribution in [0.5, 0.6) is 0 Å². The highest BCUT2D eigenvalue weighted by atomic mass is 15.3. The van der Waals surface area contributed by atoms with E-state index in [1.54, 1.807) is 0 Å². The Balaban J connectivity index is 0.966. The van der Waals surface area contributed by atoms with Crippen LogP contribution in [0.3, 0.4) is 0 Å². The van der Waals surface area contributed by atoms with E-state index in [9.17, 15) is 0 Å². The van der Waals surface area contributed by atoms with E-state index in [0.717, 1.165) is 34.1 Å². The van der Waals surface area contributed by atoms with Gasteiger partial charge in [0.1, 0.15) is 0 Å². The molecule has 8 heteroatoms. The molecule has 0 bridgehead atoms. The molecule has 6 heterocycles. The number of hydrogen-bond acceptors (Lipinski definition) is 6. The Labute approximate surface area is 643 Å². The SMILES string of the molecule is CC1(C)c2ccccc2-c2cc3c4c(c21)N(c1ccccc1)c1c2c(cc5c1C(C)(C)c1ccccc1-5)N(c1ccccc1)c1c(c(c5c6c1N(c1ccccc1)c1cc7c(c8c1B6c1c(cc6c(c1N8c1ccccc1)C(C)(C)c1ccccc1-6)N5c1ccccc1)C(C)(C)c1ccccc1-7)N3c1ccccc1)B42. The van der Waals surface area contributed by atoms with Crippen LogP contribution in [0.25, 0.3) is 44.5 Å². The molecule has 0 amide bonds. The van der Waals surface area contributed by atoms with Crippen molar-refractivity contribution in [2.24, 2.45) is 0 Å². The van der Waals surface area contributed by atoms with E-state index in [0.29, 0.717) is 0 Å². The number of hydrogen-bond donors (Lipinski definition) is 0. The Morgan fingerprint density at radius 3 is 0.573 bits per heavy atom. The minimum atomic E-state index is -0.431. The predicted octanol–water partition coefficient (Wildman–Crippen LogP) is 22.6. The Hall–Kier alpha value is -12.8. The third kappa shape index (κ3) is 7.18. The van der Waals surface area contributed by atoms with Crippen LogP contribution in [0.4, 0.5) is 102 Å². The summed E-state index contributed by atoms with van der Waals surface area (Å²) in [5.41, 5.74) is 48.7. The molecular weight excluding hydrogens is 1330 g/mol. The minimum Gasteiger partial charge on any atom is -0.311 e. The normalized spacial score (nSPS) is 16.5. The molecule has 0 aromatic heterocycles. The third-order valence-corrected chi connectivity index (χ3v) is 27.4. The second-order valence-corrected chi connectivity index (χ2v) is 34.1. The Kier molecular flexibility index (Phi) is 11.5. The molecule has 6 aliphatic heterocycles. The maximum absolute atomic E-state index is 2.81. The van der Waals surface area contributed by atoms with Crippen molar-refractivity contribution < 1.29 is 0 Å². The number of fused-ring (bicyclic) bond motifs is 18. The smallest absolute Gasteiger partial charge is 0.257 e. The number of para-hydroxylation sites is 6. The topological polar surface area (TPSA) is 19.4 Å². The maximum atomic E-state index is 2.81. The Bertz CT molecular complexity index is 5930. The second kappa shape index (κ2) is 20.7. The minimum absolute atomic E-state index is 0.324. The van der Waals surface area contributed by atoms with E-state index in [-0.39, 0.29) is 13.4 Å². The van der Waals surface area contributed by atoms with Crippen molar-refractivity contribution in [3.63, 3.8) is 0 Å². The van der Waals surface area contributed by atoms with Gasteiger partial charge in [0.15, 0.2) is 0 Å². The van der Waals surface area contributed by atoms with Crippen molar-refractivity contribution >= 4 is 149 Å². The van der Waals surface area contributed by atoms with Crippen molar-refractivity contribution in [2.75, 3.05) is 29.4 Å². The molecule has 4 aliphatic carbocycles. The van der Waals surface area contributed by atoms with Gasteiger partial charge in [-0.25, -0.2) is 0 Å². The third-order valence-electron chi connectivity index (χ3n) is 27.4. The zero-order valence-electron chi connectivity index (χ0n) is 62.7. The van der Waals surface area contributed by atoms with Crippen molar-refractivity contribution in [1.29, 1.82) is 0 Å². The molecular formula is C102H74B2N6. The lowest BCUT2D eigenvalue weighted by molar-refractivity contribution is 0.656. The first-order chi connectivity index (χ1) is 53.7. The summed E-state index contributed by atoms with van der Waals surface area (Å²) >= 11 is 0. The highest BCUT2D eigenvalue weighted by Gasteiger charge is 2.63. The first-order valence-electron chi connectivity index (χ1n) is 39.3. The lowest BCUT2D eigenvalue weighted by Gasteiger charge is -2.56. The lowest BCUT2D eigenvalue weighted by Crippen LogP contribution is -2.69. The molecule has 0 atom stereocenters. The summed E-state index contributed by atoms with van der Waals surface area (Å²) < 4.78 is 0. The van der Waals surface area contributed by atoms with E-state index >= 15 is 0 Å². The quantitative estimate of drug-likeness (QED) is 0.153. The van der Waals surface area contributed by atoms with Crippen molar-refractivity contribution in [3.05, 3.63) is 348 Å². The van der Waals surface area contributed by atoms with Crippen LogP contribution in [0, 0.1) is 0 Å². The second-order valence-electron chi connectivity index (χ2n) is 34.1. The fourth-order valence-corrected chi connectivity index (χ4v) is 23.3. The molecule has 25 rings (SSSR count). The van der Waals surface area contributed by atoms with Crippen LogP contribution in [-0.4, -0.2) is 13.4 Å². The average Bonchev–Trinajstić information content (AvgIpc) is 0.966. The van der Waals surface area contributed by atoms with Crippen molar-refractivity contribution in [2.45, 2.75) is 77.0 Å². The molecule has 6 nitrogen and oxygen atoms in total. The standard InChI is InChI=1S/C102H74B2N6/c1-99(2)73-51-31-27-47-65(73)69-55-77-85-91(81(69)99)109(63-43-23-13-24-44-63)92-82-70(66-48-28-32-52-74(66)100(82,3)4)56-78-86(92)103(85)89-95(105(77)59-35-15-9-16-36-59)97-90-98(96(89)106(78)60-37-17-10-18-38-60)108(62-41-21-12-22-42-62)80-58-72-68-50-30-34-54-76(68)102(7,8)84(72)94-88(80)104(90)87-79(107(97)61-39-19-11-20-40-61)57-71-67-49-29-33-53-75(67)101(5,6)83(71)93(87)110(94)64-45-25-14-26-46-64/h9-58H,1-8H3. The van der Waals surface area contributed by atoms with Gasteiger partial charge in [-0.1, -0.05) is 262 Å². The molecule has 0 spiro atoms. The average molecular weight is 1410 g/mol. The zero-order chi connectivity index (χ0) is 73.1. The monoisotopic (exact) mass is 1400 g/mol. The summed E-state index contributed by atoms with van der Waals surface area (Å²) in [4.78, 5) is 16.8. The highest BCUT2D eigenvalue weighted by molar-refractivity contribution is 7.06. The molecule has 0 fully saturated rings. The summed E-state index contributed by atoms with van der Waals surface area (Å²) in [7, 11) is 0. The van der Waals surface area contributed by atoms with E-state index in [1.807, 2.05) is 0 Å². The van der Waals surface area contributed by atoms with Gasteiger partial charge < -0.3 is 29.4 Å². The van der Waals surface area contributed by atoms with Gasteiger partial charge in [-0.05, 0) is 219 Å². The van der Waals surface area contributed by atoms with Crippen LogP contribution in [0.2, 0.25) is 0 Å². The Morgan fingerprint density at radius 1 is 0.182 bits per heavy atom. The summed E-state index contributed by atoms with van der Waals surface area (Å²) in [5.74, 6) is 0. The first-order valence-corrected chi connectivity index (χ1v) is 39.3. The number of rotatable bonds is 6. The van der Waals surface area contributed by atoms with E-state index in [4.69, 9.17) is 0 Å². The van der Waals surface area contributed by atoms with Gasteiger partial charge in [0, 0.05) is 101 Å². The maximum Gasteiger partial charge on any atom is 0.257 e. The molecule has 0 saturated heterocycles. The first kappa shape index (κ1) is 61.3. The zero-order valence-corrected chi connectivity index (χ0v) is 62.7. The summed E-state index contributed by atoms with van der Waals surface area (Å²) in [6.45, 7) is 19.4. The van der Waals surface area contributed by atoms with Crippen LogP contribution in [0.1, 0.15) is 99.9 Å². The fraction of sp³-hybridized carbons (Fsp3) is 0.118. The Morgan fingerprint density at radius 2 is 0.364 bits per heavy atom. The predicted molar refractivity (Wildman–Crippen MR) is 461 cm³/mol. The molecule has 518 valence electrons. The van der Waals surface area contributed by atoms with Gasteiger partial charge in [-0.15, -0.1) is 0 Å². The van der Waals surface area contributed by atoms with E-state index in [2.05, 4.69) is 388 Å². The van der Waals surface area contributed by atoms with Crippen LogP contribution in [-0.2, 0) is 21.7 Å². The molecule has 0 unspecified atom stereocenters. The van der Waals surface area contributed by atoms with Crippen molar-refractivity contribution in [3.8, 4) is 44.5 Å². The van der Waals surface area contributed by atoms with Gasteiger partial charge in [0.2, 0.25) is 0 Å². The van der Waals surface area contributed by atoms with Crippen LogP contribution in [0.15, 0.2) is 303 Å². The summed E-state index contributed by atoms with van der Waals surface area (Å²) in [6.07, 6.45) is 0. The summed E-state index contributed by atoms with van der Waals surface area (Å²) in [5, 5.41) is 0. The van der Waals surface area contributed by atoms with Gasteiger partial charge in [0.05, 0.1) is 22.7 Å². The molecule has 15 aromatic rings. The molecule has 0 saturated carbocycles. The van der Waals surface area contributed by atoms with Crippen LogP contribution >= 0.6 is 0 Å².